The average molecular weight is 595 g/mol. The predicted molar refractivity (Wildman–Crippen MR) is 179 cm³/mol. The van der Waals surface area contributed by atoms with Crippen LogP contribution < -0.4 is 4.18 Å². The molecule has 0 spiro atoms. The lowest BCUT2D eigenvalue weighted by Crippen LogP contribution is -2.22. The third kappa shape index (κ3) is 4.90. The van der Waals surface area contributed by atoms with E-state index in [2.05, 4.69) is 60.7 Å². The Morgan fingerprint density at radius 2 is 1.02 bits per heavy atom. The zero-order chi connectivity index (χ0) is 30.5. The highest BCUT2D eigenvalue weighted by Crippen LogP contribution is 2.45. The Hall–Kier alpha value is -4.97. The van der Waals surface area contributed by atoms with Gasteiger partial charge in [0, 0.05) is 5.56 Å². The molecule has 0 fully saturated rings. The first-order chi connectivity index (χ1) is 21.2. The van der Waals surface area contributed by atoms with Gasteiger partial charge in [-0.2, -0.15) is 8.42 Å². The second kappa shape index (κ2) is 10.6. The summed E-state index contributed by atoms with van der Waals surface area (Å²) in [5.41, 5.74) is 2.84. The van der Waals surface area contributed by atoms with E-state index in [4.69, 9.17) is 4.18 Å². The van der Waals surface area contributed by atoms with E-state index >= 15 is 0 Å². The highest BCUT2D eigenvalue weighted by atomic mass is 32.2. The number of fused-ring (bicyclic) bond motifs is 3. The van der Waals surface area contributed by atoms with Crippen LogP contribution in [-0.2, 0) is 15.7 Å². The van der Waals surface area contributed by atoms with Crippen molar-refractivity contribution in [1.82, 2.24) is 0 Å². The standard InChI is InChI=1S/C39H30O4S/c1-39(2,40)35-25-29(22-23-36(35)44(41,42)43-30-14-4-3-5-15-30)38-33-18-10-8-16-31(33)37(32-17-9-11-19-34(32)38)28-21-20-26-12-6-7-13-27(26)24-28/h3-25,40H,1-2H3. The van der Waals surface area contributed by atoms with Gasteiger partial charge in [-0.05, 0) is 98.8 Å². The lowest BCUT2D eigenvalue weighted by molar-refractivity contribution is 0.0754. The Kier molecular flexibility index (Phi) is 6.73. The molecule has 0 heterocycles. The molecule has 0 saturated carbocycles. The Balaban J connectivity index is 1.48. The van der Waals surface area contributed by atoms with Gasteiger partial charge in [0.2, 0.25) is 0 Å². The van der Waals surface area contributed by atoms with E-state index in [1.54, 1.807) is 62.4 Å². The maximum absolute atomic E-state index is 13.5. The van der Waals surface area contributed by atoms with Crippen molar-refractivity contribution >= 4 is 42.4 Å². The minimum Gasteiger partial charge on any atom is -0.386 e. The molecule has 1 N–H and O–H groups in total. The van der Waals surface area contributed by atoms with E-state index in [0.29, 0.717) is 0 Å². The molecule has 0 atom stereocenters. The van der Waals surface area contributed by atoms with E-state index in [-0.39, 0.29) is 16.2 Å². The molecular weight excluding hydrogens is 564 g/mol. The summed E-state index contributed by atoms with van der Waals surface area (Å²) >= 11 is 0. The molecule has 216 valence electrons. The largest absolute Gasteiger partial charge is 0.386 e. The van der Waals surface area contributed by atoms with Crippen molar-refractivity contribution in [2.75, 3.05) is 0 Å². The molecule has 44 heavy (non-hydrogen) atoms. The third-order valence-electron chi connectivity index (χ3n) is 8.12. The first-order valence-corrected chi connectivity index (χ1v) is 15.9. The van der Waals surface area contributed by atoms with Crippen molar-refractivity contribution in [2.45, 2.75) is 24.3 Å². The molecular formula is C39H30O4S. The lowest BCUT2D eigenvalue weighted by atomic mass is 9.84. The van der Waals surface area contributed by atoms with Crippen LogP contribution in [0.15, 0.2) is 144 Å². The van der Waals surface area contributed by atoms with Gasteiger partial charge < -0.3 is 9.29 Å². The highest BCUT2D eigenvalue weighted by Gasteiger charge is 2.30. The van der Waals surface area contributed by atoms with Crippen molar-refractivity contribution in [3.63, 3.8) is 0 Å². The monoisotopic (exact) mass is 594 g/mol. The van der Waals surface area contributed by atoms with Crippen LogP contribution >= 0.6 is 0 Å². The van der Waals surface area contributed by atoms with Gasteiger partial charge in [0.25, 0.3) is 0 Å². The van der Waals surface area contributed by atoms with Crippen molar-refractivity contribution in [3.05, 3.63) is 145 Å². The summed E-state index contributed by atoms with van der Waals surface area (Å²) in [6.45, 7) is 3.18. The molecule has 4 nitrogen and oxygen atoms in total. The van der Waals surface area contributed by atoms with Gasteiger partial charge in [-0.3, -0.25) is 0 Å². The zero-order valence-corrected chi connectivity index (χ0v) is 25.2. The van der Waals surface area contributed by atoms with Crippen molar-refractivity contribution in [2.24, 2.45) is 0 Å². The van der Waals surface area contributed by atoms with Crippen LogP contribution in [0.1, 0.15) is 19.4 Å². The van der Waals surface area contributed by atoms with Gasteiger partial charge >= 0.3 is 10.1 Å². The number of aliphatic hydroxyl groups is 1. The fraction of sp³-hybridized carbons (Fsp3) is 0.0769. The van der Waals surface area contributed by atoms with E-state index in [0.717, 1.165) is 43.8 Å². The van der Waals surface area contributed by atoms with E-state index < -0.39 is 15.7 Å². The van der Waals surface area contributed by atoms with Crippen molar-refractivity contribution in [3.8, 4) is 28.0 Å². The van der Waals surface area contributed by atoms with Gasteiger partial charge in [0.15, 0.2) is 0 Å². The van der Waals surface area contributed by atoms with Crippen LogP contribution in [0, 0.1) is 0 Å². The molecule has 0 radical (unpaired) electrons. The summed E-state index contributed by atoms with van der Waals surface area (Å²) in [6.07, 6.45) is 0. The molecule has 7 rings (SSSR count). The summed E-state index contributed by atoms with van der Waals surface area (Å²) < 4.78 is 32.5. The van der Waals surface area contributed by atoms with Gasteiger partial charge in [-0.25, -0.2) is 0 Å². The molecule has 7 aromatic carbocycles. The van der Waals surface area contributed by atoms with Crippen LogP contribution in [-0.4, -0.2) is 13.5 Å². The maximum Gasteiger partial charge on any atom is 0.339 e. The second-order valence-corrected chi connectivity index (χ2v) is 13.0. The normalized spacial score (nSPS) is 12.2. The van der Waals surface area contributed by atoms with Crippen LogP contribution in [0.3, 0.4) is 0 Å². The first-order valence-electron chi connectivity index (χ1n) is 14.5. The van der Waals surface area contributed by atoms with E-state index in [9.17, 15) is 13.5 Å². The summed E-state index contributed by atoms with van der Waals surface area (Å²) in [7, 11) is -4.23. The Morgan fingerprint density at radius 1 is 0.545 bits per heavy atom. The van der Waals surface area contributed by atoms with Crippen LogP contribution in [0.5, 0.6) is 5.75 Å². The number of rotatable bonds is 6. The molecule has 5 heteroatoms. The Morgan fingerprint density at radius 3 is 1.59 bits per heavy atom. The van der Waals surface area contributed by atoms with Crippen LogP contribution in [0.25, 0.3) is 54.6 Å². The van der Waals surface area contributed by atoms with E-state index in [1.807, 2.05) is 30.3 Å². The fourth-order valence-corrected chi connectivity index (χ4v) is 7.39. The average Bonchev–Trinajstić information content (AvgIpc) is 3.03. The molecule has 0 bridgehead atoms. The maximum atomic E-state index is 13.5. The second-order valence-electron chi connectivity index (χ2n) is 11.5. The molecule has 0 amide bonds. The molecule has 0 aliphatic rings. The number of hydrogen-bond acceptors (Lipinski definition) is 4. The highest BCUT2D eigenvalue weighted by molar-refractivity contribution is 7.87. The van der Waals surface area contributed by atoms with Gasteiger partial charge in [0.05, 0.1) is 5.60 Å². The summed E-state index contributed by atoms with van der Waals surface area (Å²) in [6, 6.07) is 45.1. The fourth-order valence-electron chi connectivity index (χ4n) is 6.12. The summed E-state index contributed by atoms with van der Waals surface area (Å²) in [4.78, 5) is -0.0704. The smallest absolute Gasteiger partial charge is 0.339 e. The first kappa shape index (κ1) is 27.8. The van der Waals surface area contributed by atoms with Gasteiger partial charge in [0.1, 0.15) is 10.6 Å². The van der Waals surface area contributed by atoms with Crippen molar-refractivity contribution in [1.29, 1.82) is 0 Å². The predicted octanol–water partition coefficient (Wildman–Crippen LogP) is 9.48. The minimum absolute atomic E-state index is 0.0704. The van der Waals surface area contributed by atoms with Crippen molar-refractivity contribution < 1.29 is 17.7 Å². The molecule has 0 aliphatic heterocycles. The molecule has 0 saturated heterocycles. The lowest BCUT2D eigenvalue weighted by Gasteiger charge is -2.24. The number of hydrogen-bond donors (Lipinski definition) is 1. The Bertz CT molecular complexity index is 2240. The topological polar surface area (TPSA) is 63.6 Å². The van der Waals surface area contributed by atoms with E-state index in [1.165, 1.54) is 10.8 Å². The summed E-state index contributed by atoms with van der Waals surface area (Å²) in [5.74, 6) is 0.208. The quantitative estimate of drug-likeness (QED) is 0.154. The molecule has 0 aliphatic carbocycles. The number of para-hydroxylation sites is 1. The van der Waals surface area contributed by atoms with Crippen LogP contribution in [0.4, 0.5) is 0 Å². The molecule has 0 unspecified atom stereocenters. The number of benzene rings is 7. The SMILES string of the molecule is CC(C)(O)c1cc(-c2c3ccccc3c(-c3ccc4ccccc4c3)c3ccccc23)ccc1S(=O)(=O)Oc1ccccc1. The third-order valence-corrected chi connectivity index (χ3v) is 9.42. The minimum atomic E-state index is -4.23. The molecule has 0 aromatic heterocycles. The van der Waals surface area contributed by atoms with Gasteiger partial charge in [-0.1, -0.05) is 109 Å². The molecule has 7 aromatic rings. The summed E-state index contributed by atoms with van der Waals surface area (Å²) in [5, 5.41) is 17.9. The zero-order valence-electron chi connectivity index (χ0n) is 24.4. The van der Waals surface area contributed by atoms with Crippen LogP contribution in [0.2, 0.25) is 0 Å². The van der Waals surface area contributed by atoms with Gasteiger partial charge in [-0.15, -0.1) is 0 Å². The Labute approximate surface area is 256 Å².